The maximum absolute atomic E-state index is 11.6. The van der Waals surface area contributed by atoms with Crippen LogP contribution in [0.2, 0.25) is 0 Å². The van der Waals surface area contributed by atoms with Crippen LogP contribution in [0.5, 0.6) is 0 Å². The first kappa shape index (κ1) is 18.7. The molecule has 0 aliphatic carbocycles. The second kappa shape index (κ2) is 9.60. The number of carbonyl (C=O) groups is 4. The Morgan fingerprint density at radius 3 is 2.33 bits per heavy atom. The van der Waals surface area contributed by atoms with E-state index < -0.39 is 11.8 Å². The first-order chi connectivity index (χ1) is 11.6. The zero-order valence-electron chi connectivity index (χ0n) is 13.4. The molecule has 2 aliphatic heterocycles. The summed E-state index contributed by atoms with van der Waals surface area (Å²) in [7, 11) is 0. The minimum absolute atomic E-state index is 0.0675. The van der Waals surface area contributed by atoms with Gasteiger partial charge in [-0.25, -0.2) is 0 Å². The lowest BCUT2D eigenvalue weighted by Gasteiger charge is -2.26. The Morgan fingerprint density at radius 1 is 1.04 bits per heavy atom. The van der Waals surface area contributed by atoms with Crippen LogP contribution >= 0.6 is 11.8 Å². The standard InChI is InChI=1S/C14H22N4O5S/c19-11-10-24-14(22)18(11)5-3-16-13(21)12(20)15-2-1-4-17-6-8-23-9-7-17/h1-10H2,(H,15,20)(H,16,21). The van der Waals surface area contributed by atoms with E-state index in [1.807, 2.05) is 0 Å². The molecule has 0 aromatic heterocycles. The molecule has 4 amide bonds. The maximum atomic E-state index is 11.6. The monoisotopic (exact) mass is 358 g/mol. The highest BCUT2D eigenvalue weighted by molar-refractivity contribution is 8.14. The van der Waals surface area contributed by atoms with E-state index in [2.05, 4.69) is 15.5 Å². The third-order valence-corrected chi connectivity index (χ3v) is 4.57. The third kappa shape index (κ3) is 5.77. The molecule has 2 N–H and O–H groups in total. The van der Waals surface area contributed by atoms with E-state index in [1.54, 1.807) is 0 Å². The lowest BCUT2D eigenvalue weighted by Crippen LogP contribution is -2.44. The Hall–Kier alpha value is -1.65. The summed E-state index contributed by atoms with van der Waals surface area (Å²) in [4.78, 5) is 49.3. The number of carbonyl (C=O) groups excluding carboxylic acids is 4. The van der Waals surface area contributed by atoms with E-state index in [1.165, 1.54) is 0 Å². The van der Waals surface area contributed by atoms with Gasteiger partial charge in [-0.15, -0.1) is 0 Å². The summed E-state index contributed by atoms with van der Waals surface area (Å²) in [5.41, 5.74) is 0. The van der Waals surface area contributed by atoms with Crippen molar-refractivity contribution in [2.24, 2.45) is 0 Å². The number of morpholine rings is 1. The van der Waals surface area contributed by atoms with Crippen LogP contribution in [-0.2, 0) is 19.1 Å². The molecule has 0 saturated carbocycles. The Balaban J connectivity index is 1.54. The molecule has 2 aliphatic rings. The molecule has 2 saturated heterocycles. The van der Waals surface area contributed by atoms with Crippen molar-refractivity contribution < 1.29 is 23.9 Å². The van der Waals surface area contributed by atoms with Crippen LogP contribution in [0.25, 0.3) is 0 Å². The highest BCUT2D eigenvalue weighted by atomic mass is 32.2. The van der Waals surface area contributed by atoms with Gasteiger partial charge in [0.05, 0.1) is 19.0 Å². The molecular weight excluding hydrogens is 336 g/mol. The van der Waals surface area contributed by atoms with E-state index in [0.29, 0.717) is 6.54 Å². The quantitative estimate of drug-likeness (QED) is 0.427. The zero-order valence-corrected chi connectivity index (χ0v) is 14.2. The lowest BCUT2D eigenvalue weighted by atomic mass is 10.3. The zero-order chi connectivity index (χ0) is 17.4. The van der Waals surface area contributed by atoms with E-state index in [0.717, 1.165) is 55.9 Å². The van der Waals surface area contributed by atoms with Crippen molar-refractivity contribution in [1.82, 2.24) is 20.4 Å². The van der Waals surface area contributed by atoms with Gasteiger partial charge in [-0.3, -0.25) is 29.0 Å². The van der Waals surface area contributed by atoms with E-state index in [9.17, 15) is 19.2 Å². The van der Waals surface area contributed by atoms with Gasteiger partial charge in [-0.05, 0) is 13.0 Å². The first-order valence-electron chi connectivity index (χ1n) is 7.91. The van der Waals surface area contributed by atoms with Gasteiger partial charge in [0.15, 0.2) is 0 Å². The van der Waals surface area contributed by atoms with Gasteiger partial charge >= 0.3 is 11.8 Å². The summed E-state index contributed by atoms with van der Waals surface area (Å²) in [6.45, 7) is 4.66. The SMILES string of the molecule is O=C(NCCCN1CCOCC1)C(=O)NCCN1C(=O)CSC1=O. The highest BCUT2D eigenvalue weighted by Crippen LogP contribution is 2.17. The van der Waals surface area contributed by atoms with E-state index in [4.69, 9.17) is 4.74 Å². The van der Waals surface area contributed by atoms with Gasteiger partial charge in [0.2, 0.25) is 5.91 Å². The number of hydrogen-bond donors (Lipinski definition) is 2. The van der Waals surface area contributed by atoms with Crippen molar-refractivity contribution in [3.63, 3.8) is 0 Å². The molecular formula is C14H22N4O5S. The number of ether oxygens (including phenoxy) is 1. The van der Waals surface area contributed by atoms with Crippen molar-refractivity contribution in [2.45, 2.75) is 6.42 Å². The molecule has 10 heteroatoms. The Bertz CT molecular complexity index is 480. The van der Waals surface area contributed by atoms with Crippen molar-refractivity contribution >= 4 is 34.7 Å². The lowest BCUT2D eigenvalue weighted by molar-refractivity contribution is -0.139. The number of rotatable bonds is 7. The Labute approximate surface area is 144 Å². The largest absolute Gasteiger partial charge is 0.379 e. The average molecular weight is 358 g/mol. The third-order valence-electron chi connectivity index (χ3n) is 3.71. The fourth-order valence-corrected chi connectivity index (χ4v) is 3.12. The van der Waals surface area contributed by atoms with Gasteiger partial charge in [-0.2, -0.15) is 0 Å². The normalized spacial score (nSPS) is 18.8. The van der Waals surface area contributed by atoms with Crippen molar-refractivity contribution in [3.8, 4) is 0 Å². The summed E-state index contributed by atoms with van der Waals surface area (Å²) in [6, 6.07) is 0. The van der Waals surface area contributed by atoms with Gasteiger partial charge < -0.3 is 15.4 Å². The fourth-order valence-electron chi connectivity index (χ4n) is 2.37. The van der Waals surface area contributed by atoms with Gasteiger partial charge in [0.1, 0.15) is 0 Å². The molecule has 0 aromatic carbocycles. The van der Waals surface area contributed by atoms with Crippen molar-refractivity contribution in [2.75, 3.05) is 58.2 Å². The maximum Gasteiger partial charge on any atom is 0.309 e. The van der Waals surface area contributed by atoms with Crippen LogP contribution in [0.15, 0.2) is 0 Å². The smallest absolute Gasteiger partial charge is 0.309 e. The molecule has 134 valence electrons. The van der Waals surface area contributed by atoms with Crippen LogP contribution in [0.4, 0.5) is 4.79 Å². The topological polar surface area (TPSA) is 108 Å². The highest BCUT2D eigenvalue weighted by Gasteiger charge is 2.29. The number of nitrogens with one attached hydrogen (secondary N) is 2. The summed E-state index contributed by atoms with van der Waals surface area (Å²) in [6.07, 6.45) is 0.757. The number of thioether (sulfide) groups is 1. The summed E-state index contributed by atoms with van der Waals surface area (Å²) in [5.74, 6) is -1.60. The number of nitrogens with zero attached hydrogens (tertiary/aromatic N) is 2. The minimum Gasteiger partial charge on any atom is -0.379 e. The Kier molecular flexibility index (Phi) is 7.47. The van der Waals surface area contributed by atoms with Gasteiger partial charge in [0.25, 0.3) is 5.24 Å². The number of amides is 4. The molecule has 24 heavy (non-hydrogen) atoms. The molecule has 0 radical (unpaired) electrons. The fraction of sp³-hybridized carbons (Fsp3) is 0.714. The van der Waals surface area contributed by atoms with Crippen LogP contribution < -0.4 is 10.6 Å². The molecule has 0 spiro atoms. The predicted octanol–water partition coefficient (Wildman–Crippen LogP) is -1.36. The molecule has 9 nitrogen and oxygen atoms in total. The average Bonchev–Trinajstić information content (AvgIpc) is 2.91. The molecule has 2 heterocycles. The summed E-state index contributed by atoms with van der Waals surface area (Å²) >= 11 is 0.938. The number of hydrogen-bond acceptors (Lipinski definition) is 7. The van der Waals surface area contributed by atoms with Crippen LogP contribution in [0, 0.1) is 0 Å². The van der Waals surface area contributed by atoms with Crippen LogP contribution in [-0.4, -0.2) is 91.0 Å². The molecule has 2 fully saturated rings. The summed E-state index contributed by atoms with van der Waals surface area (Å²) in [5, 5.41) is 4.65. The van der Waals surface area contributed by atoms with Crippen LogP contribution in [0.3, 0.4) is 0 Å². The first-order valence-corrected chi connectivity index (χ1v) is 8.90. The van der Waals surface area contributed by atoms with Gasteiger partial charge in [-0.1, -0.05) is 11.8 Å². The second-order valence-corrected chi connectivity index (χ2v) is 6.35. The van der Waals surface area contributed by atoms with E-state index >= 15 is 0 Å². The predicted molar refractivity (Wildman–Crippen MR) is 87.5 cm³/mol. The molecule has 0 unspecified atom stereocenters. The molecule has 0 aromatic rings. The second-order valence-electron chi connectivity index (χ2n) is 5.42. The van der Waals surface area contributed by atoms with E-state index in [-0.39, 0.29) is 30.0 Å². The number of imide groups is 1. The van der Waals surface area contributed by atoms with Crippen molar-refractivity contribution in [3.05, 3.63) is 0 Å². The van der Waals surface area contributed by atoms with Gasteiger partial charge in [0, 0.05) is 32.7 Å². The molecule has 0 bridgehead atoms. The Morgan fingerprint density at radius 2 is 1.71 bits per heavy atom. The molecule has 2 rings (SSSR count). The molecule has 0 atom stereocenters. The van der Waals surface area contributed by atoms with Crippen molar-refractivity contribution in [1.29, 1.82) is 0 Å². The minimum atomic E-state index is -0.756. The van der Waals surface area contributed by atoms with Crippen LogP contribution in [0.1, 0.15) is 6.42 Å². The summed E-state index contributed by atoms with van der Waals surface area (Å²) < 4.78 is 5.25.